The van der Waals surface area contributed by atoms with Crippen LogP contribution >= 0.6 is 22.9 Å². The second-order valence-corrected chi connectivity index (χ2v) is 8.89. The van der Waals surface area contributed by atoms with Gasteiger partial charge >= 0.3 is 0 Å². The maximum absolute atomic E-state index is 14.0. The molecule has 2 aliphatic rings. The molecule has 0 unspecified atom stereocenters. The molecule has 0 N–H and O–H groups in total. The van der Waals surface area contributed by atoms with E-state index in [0.717, 1.165) is 32.5 Å². The molecular formula is C21H25ClFN3OS. The summed E-state index contributed by atoms with van der Waals surface area (Å²) in [6, 6.07) is 9.43. The zero-order valence-corrected chi connectivity index (χ0v) is 17.4. The van der Waals surface area contributed by atoms with Crippen molar-refractivity contribution in [3.8, 4) is 0 Å². The number of thiophene rings is 1. The van der Waals surface area contributed by atoms with Crippen LogP contribution in [0.25, 0.3) is 0 Å². The molecule has 2 aliphatic heterocycles. The lowest BCUT2D eigenvalue weighted by Crippen LogP contribution is -2.50. The first-order valence-corrected chi connectivity index (χ1v) is 11.1. The number of halogens is 2. The van der Waals surface area contributed by atoms with Crippen molar-refractivity contribution in [1.29, 1.82) is 0 Å². The molecule has 1 atom stereocenters. The summed E-state index contributed by atoms with van der Waals surface area (Å²) in [6.45, 7) is 4.81. The number of nitrogens with zero attached hydrogens (tertiary/aromatic N) is 3. The Bertz CT molecular complexity index is 788. The molecule has 0 radical (unpaired) electrons. The molecule has 4 rings (SSSR count). The van der Waals surface area contributed by atoms with Crippen LogP contribution in [0, 0.1) is 5.82 Å². The number of hydrogen-bond donors (Lipinski definition) is 0. The van der Waals surface area contributed by atoms with Crippen LogP contribution in [0.2, 0.25) is 5.02 Å². The molecule has 3 heterocycles. The minimum Gasteiger partial charge on any atom is -0.339 e. The van der Waals surface area contributed by atoms with Crippen LogP contribution in [-0.4, -0.2) is 59.9 Å². The summed E-state index contributed by atoms with van der Waals surface area (Å²) in [5.41, 5.74) is 0.541. The fraction of sp³-hybridized carbons (Fsp3) is 0.476. The molecule has 2 saturated heterocycles. The van der Waals surface area contributed by atoms with Crippen LogP contribution < -0.4 is 0 Å². The molecule has 2 fully saturated rings. The summed E-state index contributed by atoms with van der Waals surface area (Å²) < 4.78 is 14.0. The zero-order valence-electron chi connectivity index (χ0n) is 15.8. The van der Waals surface area contributed by atoms with Crippen LogP contribution in [0.1, 0.15) is 29.3 Å². The van der Waals surface area contributed by atoms with E-state index in [0.29, 0.717) is 42.8 Å². The van der Waals surface area contributed by atoms with Gasteiger partial charge in [0.05, 0.1) is 6.54 Å². The summed E-state index contributed by atoms with van der Waals surface area (Å²) in [5, 5.41) is 2.57. The second kappa shape index (κ2) is 8.91. The van der Waals surface area contributed by atoms with Gasteiger partial charge in [-0.25, -0.2) is 4.39 Å². The average molecular weight is 422 g/mol. The molecule has 0 bridgehead atoms. The molecule has 0 spiro atoms. The monoisotopic (exact) mass is 421 g/mol. The summed E-state index contributed by atoms with van der Waals surface area (Å²) in [7, 11) is 0. The lowest BCUT2D eigenvalue weighted by Gasteiger charge is -2.36. The molecule has 4 nitrogen and oxygen atoms in total. The standard InChI is InChI=1S/C21H25ClFN3OS/c22-17-4-1-5-18(23)16(17)14-24-9-11-25(12-10-24)21(27)15-26-8-2-6-19(26)20-7-3-13-28-20/h1,3-5,7,13,19H,2,6,8-12,14-15H2/t19-/m1/s1. The topological polar surface area (TPSA) is 26.8 Å². The largest absolute Gasteiger partial charge is 0.339 e. The average Bonchev–Trinajstić information content (AvgIpc) is 3.37. The molecule has 1 aromatic carbocycles. The van der Waals surface area contributed by atoms with Gasteiger partial charge in [0.25, 0.3) is 0 Å². The number of rotatable bonds is 5. The first kappa shape index (κ1) is 19.8. The van der Waals surface area contributed by atoms with Crippen molar-refractivity contribution in [1.82, 2.24) is 14.7 Å². The first-order valence-electron chi connectivity index (χ1n) is 9.82. The van der Waals surface area contributed by atoms with Crippen molar-refractivity contribution in [2.75, 3.05) is 39.3 Å². The Balaban J connectivity index is 1.29. The third-order valence-electron chi connectivity index (χ3n) is 5.74. The van der Waals surface area contributed by atoms with Crippen LogP contribution in [0.4, 0.5) is 4.39 Å². The summed E-state index contributed by atoms with van der Waals surface area (Å²) in [5.74, 6) is -0.0633. The van der Waals surface area contributed by atoms with Gasteiger partial charge in [-0.1, -0.05) is 23.7 Å². The smallest absolute Gasteiger partial charge is 0.236 e. The van der Waals surface area contributed by atoms with Gasteiger partial charge in [-0.3, -0.25) is 14.6 Å². The van der Waals surface area contributed by atoms with Crippen LogP contribution in [0.5, 0.6) is 0 Å². The molecule has 0 aliphatic carbocycles. The highest BCUT2D eigenvalue weighted by atomic mass is 35.5. The Hall–Kier alpha value is -1.47. The number of carbonyl (C=O) groups excluding carboxylic acids is 1. The van der Waals surface area contributed by atoms with Crippen molar-refractivity contribution in [2.24, 2.45) is 0 Å². The van der Waals surface area contributed by atoms with E-state index in [9.17, 15) is 9.18 Å². The van der Waals surface area contributed by atoms with Crippen LogP contribution in [-0.2, 0) is 11.3 Å². The lowest BCUT2D eigenvalue weighted by molar-refractivity contribution is -0.134. The number of hydrogen-bond acceptors (Lipinski definition) is 4. The quantitative estimate of drug-likeness (QED) is 0.729. The number of piperazine rings is 1. The van der Waals surface area contributed by atoms with Gasteiger partial charge in [0.2, 0.25) is 5.91 Å². The highest BCUT2D eigenvalue weighted by molar-refractivity contribution is 7.10. The Morgan fingerprint density at radius 1 is 1.14 bits per heavy atom. The van der Waals surface area contributed by atoms with Gasteiger partial charge in [0, 0.05) is 54.2 Å². The second-order valence-electron chi connectivity index (χ2n) is 7.50. The highest BCUT2D eigenvalue weighted by Gasteiger charge is 2.30. The predicted octanol–water partition coefficient (Wildman–Crippen LogP) is 4.02. The molecule has 28 heavy (non-hydrogen) atoms. The minimum absolute atomic E-state index is 0.201. The van der Waals surface area contributed by atoms with Crippen molar-refractivity contribution in [3.05, 3.63) is 57.0 Å². The zero-order chi connectivity index (χ0) is 19.5. The summed E-state index contributed by atoms with van der Waals surface area (Å²) >= 11 is 7.92. The van der Waals surface area contributed by atoms with Gasteiger partial charge in [0.15, 0.2) is 0 Å². The number of amides is 1. The Morgan fingerprint density at radius 3 is 2.68 bits per heavy atom. The molecule has 1 amide bonds. The lowest BCUT2D eigenvalue weighted by atomic mass is 10.1. The van der Waals surface area contributed by atoms with E-state index in [1.54, 1.807) is 23.5 Å². The third kappa shape index (κ3) is 4.40. The SMILES string of the molecule is O=C(CN1CCC[C@@H]1c1cccs1)N1CCN(Cc2c(F)cccc2Cl)CC1. The highest BCUT2D eigenvalue weighted by Crippen LogP contribution is 2.34. The van der Waals surface area contributed by atoms with Gasteiger partial charge in [-0.15, -0.1) is 11.3 Å². The Labute approximate surface area is 174 Å². The molecule has 1 aromatic heterocycles. The molecule has 150 valence electrons. The van der Waals surface area contributed by atoms with E-state index >= 15 is 0 Å². The van der Waals surface area contributed by atoms with Crippen molar-refractivity contribution in [3.63, 3.8) is 0 Å². The molecule has 2 aromatic rings. The van der Waals surface area contributed by atoms with Gasteiger partial charge in [-0.2, -0.15) is 0 Å². The fourth-order valence-electron chi connectivity index (χ4n) is 4.15. The summed E-state index contributed by atoms with van der Waals surface area (Å²) in [4.78, 5) is 20.6. The van der Waals surface area contributed by atoms with E-state index in [1.165, 1.54) is 10.9 Å². The van der Waals surface area contributed by atoms with Gasteiger partial charge in [0.1, 0.15) is 5.82 Å². The van der Waals surface area contributed by atoms with E-state index in [-0.39, 0.29) is 11.7 Å². The Morgan fingerprint density at radius 2 is 1.96 bits per heavy atom. The van der Waals surface area contributed by atoms with Crippen LogP contribution in [0.15, 0.2) is 35.7 Å². The maximum atomic E-state index is 14.0. The Kier molecular flexibility index (Phi) is 6.31. The van der Waals surface area contributed by atoms with Crippen molar-refractivity contribution in [2.45, 2.75) is 25.4 Å². The first-order chi connectivity index (χ1) is 13.6. The fourth-order valence-corrected chi connectivity index (χ4v) is 5.27. The van der Waals surface area contributed by atoms with E-state index in [2.05, 4.69) is 27.3 Å². The van der Waals surface area contributed by atoms with Crippen molar-refractivity contribution >= 4 is 28.8 Å². The molecule has 0 saturated carbocycles. The van der Waals surface area contributed by atoms with E-state index in [1.807, 2.05) is 4.90 Å². The number of benzene rings is 1. The summed E-state index contributed by atoms with van der Waals surface area (Å²) in [6.07, 6.45) is 2.28. The maximum Gasteiger partial charge on any atom is 0.236 e. The van der Waals surface area contributed by atoms with E-state index in [4.69, 9.17) is 11.6 Å². The third-order valence-corrected chi connectivity index (χ3v) is 7.07. The minimum atomic E-state index is -0.264. The van der Waals surface area contributed by atoms with Crippen LogP contribution in [0.3, 0.4) is 0 Å². The number of carbonyl (C=O) groups is 1. The van der Waals surface area contributed by atoms with E-state index < -0.39 is 0 Å². The van der Waals surface area contributed by atoms with Gasteiger partial charge < -0.3 is 4.90 Å². The predicted molar refractivity (Wildman–Crippen MR) is 111 cm³/mol. The van der Waals surface area contributed by atoms with Gasteiger partial charge in [-0.05, 0) is 43.0 Å². The molecule has 7 heteroatoms. The number of likely N-dealkylation sites (tertiary alicyclic amines) is 1. The van der Waals surface area contributed by atoms with Crippen molar-refractivity contribution < 1.29 is 9.18 Å². The normalized spacial score (nSPS) is 21.4. The molecular weight excluding hydrogens is 397 g/mol.